The van der Waals surface area contributed by atoms with Crippen LogP contribution in [0.4, 0.5) is 0 Å². The van der Waals surface area contributed by atoms with E-state index in [-0.39, 0.29) is 9.92 Å². The number of nitrogens with one attached hydrogen (secondary N) is 1. The molecule has 1 aliphatic heterocycles. The van der Waals surface area contributed by atoms with Gasteiger partial charge in [-0.1, -0.05) is 37.0 Å². The molecule has 23 heavy (non-hydrogen) atoms. The van der Waals surface area contributed by atoms with E-state index in [1.54, 1.807) is 6.07 Å². The normalized spacial score (nSPS) is 23.1. The van der Waals surface area contributed by atoms with Gasteiger partial charge in [0, 0.05) is 24.7 Å². The van der Waals surface area contributed by atoms with Crippen LogP contribution in [0.3, 0.4) is 0 Å². The molecule has 1 aromatic carbocycles. The number of halogens is 2. The van der Waals surface area contributed by atoms with Gasteiger partial charge in [-0.2, -0.15) is 0 Å². The molecular weight excluding hydrogens is 355 g/mol. The summed E-state index contributed by atoms with van der Waals surface area (Å²) in [5.41, 5.74) is 0. The summed E-state index contributed by atoms with van der Waals surface area (Å²) in [6, 6.07) is 4.44. The second kappa shape index (κ2) is 8.17. The van der Waals surface area contributed by atoms with E-state index in [0.717, 1.165) is 26.1 Å². The van der Waals surface area contributed by atoms with E-state index in [2.05, 4.69) is 23.5 Å². The van der Waals surface area contributed by atoms with Crippen molar-refractivity contribution in [2.75, 3.05) is 26.2 Å². The Morgan fingerprint density at radius 2 is 1.87 bits per heavy atom. The standard InChI is InChI=1S/C16H24Cl2N2O2S/c1-12-8-13(2)11-20(10-12)7-3-6-19-23(21,22)16-9-14(17)4-5-15(16)18/h4-5,9,12-13,19H,3,6-8,10-11H2,1-2H3. The zero-order chi connectivity index (χ0) is 17.0. The fourth-order valence-corrected chi connectivity index (χ4v) is 5.08. The van der Waals surface area contributed by atoms with E-state index < -0.39 is 10.0 Å². The van der Waals surface area contributed by atoms with Crippen LogP contribution in [0.5, 0.6) is 0 Å². The van der Waals surface area contributed by atoms with Crippen LogP contribution in [0.1, 0.15) is 26.7 Å². The van der Waals surface area contributed by atoms with Crippen molar-refractivity contribution in [3.8, 4) is 0 Å². The maximum Gasteiger partial charge on any atom is 0.242 e. The van der Waals surface area contributed by atoms with Crippen LogP contribution in [0.25, 0.3) is 0 Å². The molecule has 2 unspecified atom stereocenters. The van der Waals surface area contributed by atoms with E-state index in [4.69, 9.17) is 23.2 Å². The summed E-state index contributed by atoms with van der Waals surface area (Å²) in [4.78, 5) is 2.45. The van der Waals surface area contributed by atoms with Crippen LogP contribution in [0.15, 0.2) is 23.1 Å². The monoisotopic (exact) mass is 378 g/mol. The van der Waals surface area contributed by atoms with Crippen molar-refractivity contribution in [2.45, 2.75) is 31.6 Å². The molecule has 2 rings (SSSR count). The first-order chi connectivity index (χ1) is 10.8. The zero-order valence-electron chi connectivity index (χ0n) is 13.6. The molecule has 1 N–H and O–H groups in total. The number of hydrogen-bond acceptors (Lipinski definition) is 3. The highest BCUT2D eigenvalue weighted by molar-refractivity contribution is 7.89. The molecule has 0 saturated carbocycles. The summed E-state index contributed by atoms with van der Waals surface area (Å²) < 4.78 is 27.2. The Morgan fingerprint density at radius 3 is 2.52 bits per heavy atom. The average molecular weight is 379 g/mol. The van der Waals surface area contributed by atoms with Crippen LogP contribution < -0.4 is 4.72 Å². The van der Waals surface area contributed by atoms with Crippen LogP contribution in [-0.2, 0) is 10.0 Å². The first kappa shape index (κ1) is 19.0. The topological polar surface area (TPSA) is 49.4 Å². The van der Waals surface area contributed by atoms with Crippen molar-refractivity contribution in [1.82, 2.24) is 9.62 Å². The maximum absolute atomic E-state index is 12.3. The predicted molar refractivity (Wildman–Crippen MR) is 95.7 cm³/mol. The Hall–Kier alpha value is -0.330. The molecule has 0 bridgehead atoms. The molecule has 0 aromatic heterocycles. The first-order valence-corrected chi connectivity index (χ1v) is 10.2. The minimum atomic E-state index is -3.62. The van der Waals surface area contributed by atoms with Gasteiger partial charge >= 0.3 is 0 Å². The lowest BCUT2D eigenvalue weighted by Gasteiger charge is -2.34. The van der Waals surface area contributed by atoms with E-state index in [1.165, 1.54) is 18.6 Å². The maximum atomic E-state index is 12.3. The molecule has 4 nitrogen and oxygen atoms in total. The Morgan fingerprint density at radius 1 is 1.22 bits per heavy atom. The minimum Gasteiger partial charge on any atom is -0.303 e. The second-order valence-electron chi connectivity index (χ2n) is 6.53. The van der Waals surface area contributed by atoms with Gasteiger partial charge in [-0.25, -0.2) is 13.1 Å². The van der Waals surface area contributed by atoms with Gasteiger partial charge < -0.3 is 4.90 Å². The smallest absolute Gasteiger partial charge is 0.242 e. The molecule has 1 saturated heterocycles. The van der Waals surface area contributed by atoms with Gasteiger partial charge in [-0.05, 0) is 49.4 Å². The van der Waals surface area contributed by atoms with Gasteiger partial charge in [0.15, 0.2) is 0 Å². The Kier molecular flexibility index (Phi) is 6.75. The summed E-state index contributed by atoms with van der Waals surface area (Å²) in [6.07, 6.45) is 2.05. The van der Waals surface area contributed by atoms with Gasteiger partial charge in [0.05, 0.1) is 5.02 Å². The second-order valence-corrected chi connectivity index (χ2v) is 9.11. The minimum absolute atomic E-state index is 0.0342. The number of rotatable bonds is 6. The fraction of sp³-hybridized carbons (Fsp3) is 0.625. The molecule has 0 aliphatic carbocycles. The summed E-state index contributed by atoms with van der Waals surface area (Å²) >= 11 is 11.8. The Balaban J connectivity index is 1.84. The van der Waals surface area contributed by atoms with Crippen molar-refractivity contribution in [3.63, 3.8) is 0 Å². The van der Waals surface area contributed by atoms with E-state index in [9.17, 15) is 8.42 Å². The highest BCUT2D eigenvalue weighted by Crippen LogP contribution is 2.25. The molecule has 0 spiro atoms. The molecule has 0 amide bonds. The van der Waals surface area contributed by atoms with Crippen LogP contribution in [0, 0.1) is 11.8 Å². The number of nitrogens with zero attached hydrogens (tertiary/aromatic N) is 1. The van der Waals surface area contributed by atoms with Gasteiger partial charge in [-0.3, -0.25) is 0 Å². The quantitative estimate of drug-likeness (QED) is 0.768. The molecule has 1 fully saturated rings. The summed E-state index contributed by atoms with van der Waals surface area (Å²) in [5.74, 6) is 1.42. The van der Waals surface area contributed by atoms with Crippen molar-refractivity contribution < 1.29 is 8.42 Å². The Bertz CT molecular complexity index is 627. The summed E-state index contributed by atoms with van der Waals surface area (Å²) in [7, 11) is -3.62. The van der Waals surface area contributed by atoms with E-state index in [0.29, 0.717) is 23.4 Å². The lowest BCUT2D eigenvalue weighted by atomic mass is 9.92. The number of likely N-dealkylation sites (tertiary alicyclic amines) is 1. The number of benzene rings is 1. The molecule has 0 radical (unpaired) electrons. The summed E-state index contributed by atoms with van der Waals surface area (Å²) in [5, 5.41) is 0.534. The molecule has 2 atom stereocenters. The van der Waals surface area contributed by atoms with E-state index in [1.807, 2.05) is 0 Å². The van der Waals surface area contributed by atoms with E-state index >= 15 is 0 Å². The molecule has 1 aliphatic rings. The highest BCUT2D eigenvalue weighted by atomic mass is 35.5. The molecule has 130 valence electrons. The fourth-order valence-electron chi connectivity index (χ4n) is 3.24. The van der Waals surface area contributed by atoms with Crippen LogP contribution in [-0.4, -0.2) is 39.5 Å². The van der Waals surface area contributed by atoms with Crippen molar-refractivity contribution in [2.24, 2.45) is 11.8 Å². The van der Waals surface area contributed by atoms with Crippen LogP contribution >= 0.6 is 23.2 Å². The van der Waals surface area contributed by atoms with Gasteiger partial charge in [0.1, 0.15) is 4.90 Å². The van der Waals surface area contributed by atoms with Crippen LogP contribution in [0.2, 0.25) is 10.0 Å². The largest absolute Gasteiger partial charge is 0.303 e. The highest BCUT2D eigenvalue weighted by Gasteiger charge is 2.22. The molecular formula is C16H24Cl2N2O2S. The zero-order valence-corrected chi connectivity index (χ0v) is 15.9. The number of hydrogen-bond donors (Lipinski definition) is 1. The lowest BCUT2D eigenvalue weighted by Crippen LogP contribution is -2.40. The van der Waals surface area contributed by atoms with Crippen molar-refractivity contribution in [1.29, 1.82) is 0 Å². The first-order valence-electron chi connectivity index (χ1n) is 7.95. The lowest BCUT2D eigenvalue weighted by molar-refractivity contribution is 0.140. The molecule has 7 heteroatoms. The summed E-state index contributed by atoms with van der Waals surface area (Å²) in [6.45, 7) is 8.03. The van der Waals surface area contributed by atoms with Gasteiger partial charge in [0.2, 0.25) is 10.0 Å². The molecule has 1 aromatic rings. The number of piperidine rings is 1. The molecule has 1 heterocycles. The average Bonchev–Trinajstić information content (AvgIpc) is 2.45. The predicted octanol–water partition coefficient (Wildman–Crippen LogP) is 3.64. The third-order valence-corrected chi connectivity index (χ3v) is 6.25. The van der Waals surface area contributed by atoms with Crippen molar-refractivity contribution >= 4 is 33.2 Å². The van der Waals surface area contributed by atoms with Gasteiger partial charge in [-0.15, -0.1) is 0 Å². The Labute approximate surface area is 149 Å². The third kappa shape index (κ3) is 5.61. The SMILES string of the molecule is CC1CC(C)CN(CCCNS(=O)(=O)c2cc(Cl)ccc2Cl)C1. The third-order valence-electron chi connectivity index (χ3n) is 4.07. The number of sulfonamides is 1. The van der Waals surface area contributed by atoms with Gasteiger partial charge in [0.25, 0.3) is 0 Å². The van der Waals surface area contributed by atoms with Crippen molar-refractivity contribution in [3.05, 3.63) is 28.2 Å².